The van der Waals surface area contributed by atoms with Gasteiger partial charge in [-0.3, -0.25) is 14.2 Å². The normalized spacial score (nSPS) is 13.4. The molecule has 8 heteroatoms. The second-order valence-electron chi connectivity index (χ2n) is 7.61. The van der Waals surface area contributed by atoms with Crippen molar-refractivity contribution in [3.05, 3.63) is 57.7 Å². The predicted octanol–water partition coefficient (Wildman–Crippen LogP) is 5.04. The number of hydrogen-bond acceptors (Lipinski definition) is 6. The van der Waals surface area contributed by atoms with Gasteiger partial charge >= 0.3 is 0 Å². The molecule has 0 spiro atoms. The number of anilines is 1. The van der Waals surface area contributed by atoms with Crippen molar-refractivity contribution in [3.63, 3.8) is 0 Å². The summed E-state index contributed by atoms with van der Waals surface area (Å²) in [7, 11) is 0. The molecule has 0 saturated carbocycles. The van der Waals surface area contributed by atoms with Gasteiger partial charge in [0, 0.05) is 11.4 Å². The van der Waals surface area contributed by atoms with Crippen molar-refractivity contribution >= 4 is 44.9 Å². The van der Waals surface area contributed by atoms with Crippen LogP contribution in [0.3, 0.4) is 0 Å². The van der Waals surface area contributed by atoms with E-state index in [1.807, 2.05) is 31.2 Å². The van der Waals surface area contributed by atoms with E-state index in [2.05, 4.69) is 11.9 Å². The van der Waals surface area contributed by atoms with Crippen LogP contribution in [-0.2, 0) is 24.2 Å². The number of carbonyl (C=O) groups is 1. The third kappa shape index (κ3) is 4.76. The number of rotatable bonds is 8. The lowest BCUT2D eigenvalue weighted by molar-refractivity contribution is -0.113. The van der Waals surface area contributed by atoms with Crippen LogP contribution in [0.15, 0.2) is 46.9 Å². The lowest BCUT2D eigenvalue weighted by Gasteiger charge is -2.12. The minimum atomic E-state index is -0.177. The lowest BCUT2D eigenvalue weighted by Crippen LogP contribution is -2.24. The summed E-state index contributed by atoms with van der Waals surface area (Å²) in [6, 6.07) is 7.35. The average Bonchev–Trinajstić information content (AvgIpc) is 2.97. The molecule has 1 aliphatic carbocycles. The molecule has 2 heterocycles. The fourth-order valence-corrected chi connectivity index (χ4v) is 6.08. The molecule has 0 aliphatic heterocycles. The standard InChI is InChI=1S/C24H27N3O3S2/c1-3-14-27-23(29)21-16-10-6-5-7-13-19(16)32-22(21)26-24(27)31-15-20(28)25-17-11-8-9-12-18(17)30-4-2/h3,8-9,11-12H,1,4-7,10,13-15H2,2H3,(H,25,28). The van der Waals surface area contributed by atoms with Gasteiger partial charge in [-0.2, -0.15) is 0 Å². The van der Waals surface area contributed by atoms with Gasteiger partial charge in [0.05, 0.1) is 23.4 Å². The van der Waals surface area contributed by atoms with Crippen molar-refractivity contribution in [2.24, 2.45) is 0 Å². The summed E-state index contributed by atoms with van der Waals surface area (Å²) in [4.78, 5) is 32.9. The molecule has 6 nitrogen and oxygen atoms in total. The van der Waals surface area contributed by atoms with Gasteiger partial charge in [0.25, 0.3) is 5.56 Å². The molecule has 0 radical (unpaired) electrons. The molecule has 168 valence electrons. The number of carbonyl (C=O) groups excluding carboxylic acids is 1. The van der Waals surface area contributed by atoms with Gasteiger partial charge in [-0.25, -0.2) is 4.98 Å². The van der Waals surface area contributed by atoms with Crippen LogP contribution in [0.1, 0.15) is 36.6 Å². The zero-order valence-electron chi connectivity index (χ0n) is 18.2. The van der Waals surface area contributed by atoms with E-state index in [4.69, 9.17) is 9.72 Å². The Labute approximate surface area is 195 Å². The summed E-state index contributed by atoms with van der Waals surface area (Å²) in [5.74, 6) is 0.598. The van der Waals surface area contributed by atoms with E-state index in [1.54, 1.807) is 22.0 Å². The highest BCUT2D eigenvalue weighted by molar-refractivity contribution is 7.99. The van der Waals surface area contributed by atoms with Crippen LogP contribution in [0, 0.1) is 0 Å². The van der Waals surface area contributed by atoms with Crippen molar-refractivity contribution in [1.29, 1.82) is 0 Å². The van der Waals surface area contributed by atoms with Gasteiger partial charge in [-0.15, -0.1) is 17.9 Å². The monoisotopic (exact) mass is 469 g/mol. The maximum Gasteiger partial charge on any atom is 0.263 e. The maximum absolute atomic E-state index is 13.4. The number of thiophene rings is 1. The largest absolute Gasteiger partial charge is 0.492 e. The Kier molecular flexibility index (Phi) is 7.32. The summed E-state index contributed by atoms with van der Waals surface area (Å²) in [5.41, 5.74) is 1.78. The number of aryl methyl sites for hydroxylation is 2. The molecule has 0 unspecified atom stereocenters. The summed E-state index contributed by atoms with van der Waals surface area (Å²) < 4.78 is 7.21. The topological polar surface area (TPSA) is 73.2 Å². The second kappa shape index (κ2) is 10.4. The smallest absolute Gasteiger partial charge is 0.263 e. The quantitative estimate of drug-likeness (QED) is 0.216. The van der Waals surface area contributed by atoms with E-state index in [0.717, 1.165) is 35.9 Å². The summed E-state index contributed by atoms with van der Waals surface area (Å²) >= 11 is 2.90. The van der Waals surface area contributed by atoms with Crippen LogP contribution < -0.4 is 15.6 Å². The van der Waals surface area contributed by atoms with Gasteiger partial charge < -0.3 is 10.1 Å². The van der Waals surface area contributed by atoms with Gasteiger partial charge in [0.1, 0.15) is 10.6 Å². The first kappa shape index (κ1) is 22.6. The highest BCUT2D eigenvalue weighted by Crippen LogP contribution is 2.34. The number of allylic oxidation sites excluding steroid dienone is 1. The maximum atomic E-state index is 13.4. The van der Waals surface area contributed by atoms with E-state index >= 15 is 0 Å². The number of amides is 1. The third-order valence-electron chi connectivity index (χ3n) is 5.39. The van der Waals surface area contributed by atoms with E-state index in [-0.39, 0.29) is 17.2 Å². The van der Waals surface area contributed by atoms with Gasteiger partial charge in [0.15, 0.2) is 5.16 Å². The molecule has 4 rings (SSSR count). The van der Waals surface area contributed by atoms with E-state index in [1.165, 1.54) is 28.6 Å². The number of nitrogens with zero attached hydrogens (tertiary/aromatic N) is 2. The Morgan fingerprint density at radius 2 is 2.12 bits per heavy atom. The second-order valence-corrected chi connectivity index (χ2v) is 9.64. The molecule has 1 aliphatic rings. The summed E-state index contributed by atoms with van der Waals surface area (Å²) in [6.07, 6.45) is 7.12. The van der Waals surface area contributed by atoms with Crippen LogP contribution in [0.4, 0.5) is 5.69 Å². The zero-order valence-corrected chi connectivity index (χ0v) is 19.8. The lowest BCUT2D eigenvalue weighted by atomic mass is 10.1. The molecule has 1 N–H and O–H groups in total. The molecule has 0 bridgehead atoms. The molecule has 0 fully saturated rings. The Hall–Kier alpha value is -2.58. The summed E-state index contributed by atoms with van der Waals surface area (Å²) in [6.45, 7) is 6.58. The van der Waals surface area contributed by atoms with Gasteiger partial charge in [-0.05, 0) is 50.3 Å². The molecule has 1 amide bonds. The number of benzene rings is 1. The molecule has 2 aromatic heterocycles. The van der Waals surface area contributed by atoms with Gasteiger partial charge in [-0.1, -0.05) is 36.4 Å². The number of para-hydroxylation sites is 2. The Morgan fingerprint density at radius 3 is 2.94 bits per heavy atom. The van der Waals surface area contributed by atoms with Crippen LogP contribution in [-0.4, -0.2) is 27.8 Å². The van der Waals surface area contributed by atoms with Crippen molar-refractivity contribution in [1.82, 2.24) is 9.55 Å². The zero-order chi connectivity index (χ0) is 22.5. The first-order chi connectivity index (χ1) is 15.6. The number of thioether (sulfide) groups is 1. The van der Waals surface area contributed by atoms with Crippen LogP contribution in [0.25, 0.3) is 10.2 Å². The third-order valence-corrected chi connectivity index (χ3v) is 7.56. The fraction of sp³-hybridized carbons (Fsp3) is 0.375. The minimum Gasteiger partial charge on any atom is -0.492 e. The molecule has 3 aromatic rings. The van der Waals surface area contributed by atoms with E-state index in [0.29, 0.717) is 29.7 Å². The van der Waals surface area contributed by atoms with Crippen LogP contribution in [0.5, 0.6) is 5.75 Å². The molecular formula is C24H27N3O3S2. The van der Waals surface area contributed by atoms with Crippen molar-refractivity contribution in [2.45, 2.75) is 50.7 Å². The number of aromatic nitrogens is 2. The fourth-order valence-electron chi connectivity index (χ4n) is 3.96. The summed E-state index contributed by atoms with van der Waals surface area (Å²) in [5, 5.41) is 4.20. The number of fused-ring (bicyclic) bond motifs is 3. The van der Waals surface area contributed by atoms with Crippen LogP contribution in [0.2, 0.25) is 0 Å². The van der Waals surface area contributed by atoms with Crippen molar-refractivity contribution < 1.29 is 9.53 Å². The number of hydrogen-bond donors (Lipinski definition) is 1. The number of ether oxygens (including phenoxy) is 1. The van der Waals surface area contributed by atoms with Crippen molar-refractivity contribution in [3.8, 4) is 5.75 Å². The van der Waals surface area contributed by atoms with E-state index in [9.17, 15) is 9.59 Å². The van der Waals surface area contributed by atoms with E-state index < -0.39 is 0 Å². The first-order valence-electron chi connectivity index (χ1n) is 10.9. The Morgan fingerprint density at radius 1 is 1.31 bits per heavy atom. The SMILES string of the molecule is C=CCn1c(SCC(=O)Nc2ccccc2OCC)nc2sc3c(c2c1=O)CCCCC3. The van der Waals surface area contributed by atoms with Gasteiger partial charge in [0.2, 0.25) is 5.91 Å². The minimum absolute atomic E-state index is 0.0288. The molecule has 0 saturated heterocycles. The molecular weight excluding hydrogens is 442 g/mol. The highest BCUT2D eigenvalue weighted by Gasteiger charge is 2.21. The van der Waals surface area contributed by atoms with Crippen LogP contribution >= 0.6 is 23.1 Å². The van der Waals surface area contributed by atoms with Crippen molar-refractivity contribution in [2.75, 3.05) is 17.7 Å². The number of nitrogens with one attached hydrogen (secondary N) is 1. The predicted molar refractivity (Wildman–Crippen MR) is 132 cm³/mol. The first-order valence-corrected chi connectivity index (χ1v) is 12.7. The Balaban J connectivity index is 1.59. The molecule has 32 heavy (non-hydrogen) atoms. The molecule has 0 atom stereocenters. The Bertz CT molecular complexity index is 1200. The molecule has 1 aromatic carbocycles. The average molecular weight is 470 g/mol. The highest BCUT2D eigenvalue weighted by atomic mass is 32.2.